The van der Waals surface area contributed by atoms with Crippen LogP contribution in [0.2, 0.25) is 0 Å². The molecule has 0 radical (unpaired) electrons. The molecule has 17 heavy (non-hydrogen) atoms. The van der Waals surface area contributed by atoms with Gasteiger partial charge in [-0.05, 0) is 18.6 Å². The largest absolute Gasteiger partial charge is 0.493 e. The minimum atomic E-state index is -0.0877. The van der Waals surface area contributed by atoms with E-state index in [1.54, 1.807) is 11.9 Å². The lowest BCUT2D eigenvalue weighted by molar-refractivity contribution is -0.125. The van der Waals surface area contributed by atoms with Crippen molar-refractivity contribution < 1.29 is 9.53 Å². The van der Waals surface area contributed by atoms with Gasteiger partial charge in [0.25, 0.3) is 0 Å². The van der Waals surface area contributed by atoms with E-state index in [1.807, 2.05) is 24.3 Å². The van der Waals surface area contributed by atoms with Crippen molar-refractivity contribution in [1.82, 2.24) is 4.90 Å². The molecule has 0 unspecified atom stereocenters. The third-order valence-electron chi connectivity index (χ3n) is 2.39. The van der Waals surface area contributed by atoms with Gasteiger partial charge < -0.3 is 9.64 Å². The van der Waals surface area contributed by atoms with E-state index in [4.69, 9.17) is 4.74 Å². The zero-order valence-electron chi connectivity index (χ0n) is 10.5. The number of carbonyl (C=O) groups excluding carboxylic acids is 1. The normalized spacial score (nSPS) is 9.76. The predicted molar refractivity (Wildman–Crippen MR) is 68.9 cm³/mol. The Morgan fingerprint density at radius 2 is 2.18 bits per heavy atom. The molecule has 1 aromatic rings. The van der Waals surface area contributed by atoms with Crippen molar-refractivity contribution in [2.24, 2.45) is 0 Å². The Labute approximate surface area is 103 Å². The number of likely N-dealkylation sites (N-methyl/N-ethyl adjacent to an activating group) is 1. The molecular weight excluding hydrogens is 214 g/mol. The van der Waals surface area contributed by atoms with Crippen molar-refractivity contribution in [3.8, 4) is 5.75 Å². The fourth-order valence-corrected chi connectivity index (χ4v) is 1.48. The minimum absolute atomic E-state index is 0.0877. The van der Waals surface area contributed by atoms with Crippen molar-refractivity contribution in [2.45, 2.75) is 19.9 Å². The van der Waals surface area contributed by atoms with Crippen molar-refractivity contribution in [1.29, 1.82) is 0 Å². The molecule has 92 valence electrons. The smallest absolute Gasteiger partial charge is 0.245 e. The summed E-state index contributed by atoms with van der Waals surface area (Å²) in [5, 5.41) is 0. The highest BCUT2D eigenvalue weighted by Crippen LogP contribution is 2.19. The summed E-state index contributed by atoms with van der Waals surface area (Å²) >= 11 is 0. The topological polar surface area (TPSA) is 29.5 Å². The van der Waals surface area contributed by atoms with Crippen LogP contribution in [0.5, 0.6) is 5.75 Å². The second-order valence-corrected chi connectivity index (χ2v) is 3.85. The molecule has 0 bridgehead atoms. The first kappa shape index (κ1) is 13.3. The van der Waals surface area contributed by atoms with E-state index in [-0.39, 0.29) is 5.91 Å². The average molecular weight is 233 g/mol. The molecule has 0 aliphatic rings. The predicted octanol–water partition coefficient (Wildman–Crippen LogP) is 2.62. The van der Waals surface area contributed by atoms with Crippen LogP contribution in [-0.4, -0.2) is 24.5 Å². The van der Waals surface area contributed by atoms with Gasteiger partial charge in [-0.1, -0.05) is 31.7 Å². The summed E-state index contributed by atoms with van der Waals surface area (Å²) in [5.41, 5.74) is 1.01. The molecule has 0 aliphatic carbocycles. The molecule has 1 amide bonds. The summed E-state index contributed by atoms with van der Waals surface area (Å²) in [5.74, 6) is 0.758. The van der Waals surface area contributed by atoms with Crippen molar-refractivity contribution in [2.75, 3.05) is 13.7 Å². The summed E-state index contributed by atoms with van der Waals surface area (Å²) in [7, 11) is 1.75. The van der Waals surface area contributed by atoms with E-state index in [2.05, 4.69) is 13.5 Å². The van der Waals surface area contributed by atoms with Gasteiger partial charge in [-0.15, -0.1) is 0 Å². The second kappa shape index (κ2) is 6.74. The Hall–Kier alpha value is -1.77. The van der Waals surface area contributed by atoms with Gasteiger partial charge in [0.2, 0.25) is 5.91 Å². The summed E-state index contributed by atoms with van der Waals surface area (Å²) in [4.78, 5) is 13.0. The first-order valence-electron chi connectivity index (χ1n) is 5.77. The molecule has 1 rings (SSSR count). The van der Waals surface area contributed by atoms with Gasteiger partial charge in [-0.3, -0.25) is 4.79 Å². The van der Waals surface area contributed by atoms with Crippen molar-refractivity contribution in [3.05, 3.63) is 42.5 Å². The molecule has 3 heteroatoms. The quantitative estimate of drug-likeness (QED) is 0.707. The summed E-state index contributed by atoms with van der Waals surface area (Å²) in [6, 6.07) is 7.78. The van der Waals surface area contributed by atoms with Crippen molar-refractivity contribution >= 4 is 5.91 Å². The summed E-state index contributed by atoms with van der Waals surface area (Å²) < 4.78 is 5.64. The van der Waals surface area contributed by atoms with Gasteiger partial charge in [-0.25, -0.2) is 0 Å². The number of amides is 1. The summed E-state index contributed by atoms with van der Waals surface area (Å²) in [6.45, 7) is 6.76. The molecule has 0 fully saturated rings. The highest BCUT2D eigenvalue weighted by Gasteiger charge is 2.08. The molecular formula is C14H19NO2. The lowest BCUT2D eigenvalue weighted by Crippen LogP contribution is -2.24. The zero-order chi connectivity index (χ0) is 12.7. The minimum Gasteiger partial charge on any atom is -0.493 e. The van der Waals surface area contributed by atoms with Crippen molar-refractivity contribution in [3.63, 3.8) is 0 Å². The van der Waals surface area contributed by atoms with Gasteiger partial charge in [0.15, 0.2) is 0 Å². The number of rotatable bonds is 6. The van der Waals surface area contributed by atoms with Gasteiger partial charge in [0.1, 0.15) is 5.75 Å². The van der Waals surface area contributed by atoms with E-state index in [9.17, 15) is 4.79 Å². The van der Waals surface area contributed by atoms with E-state index in [1.165, 1.54) is 6.08 Å². The van der Waals surface area contributed by atoms with Crippen LogP contribution in [0.25, 0.3) is 0 Å². The SMILES string of the molecule is C=CC(=O)N(C)Cc1ccccc1OCCC. The van der Waals surface area contributed by atoms with Gasteiger partial charge in [-0.2, -0.15) is 0 Å². The van der Waals surface area contributed by atoms with Crippen LogP contribution in [0.4, 0.5) is 0 Å². The molecule has 0 atom stereocenters. The highest BCUT2D eigenvalue weighted by atomic mass is 16.5. The first-order chi connectivity index (χ1) is 8.19. The summed E-state index contributed by atoms with van der Waals surface area (Å²) in [6.07, 6.45) is 2.28. The molecule has 0 aliphatic heterocycles. The average Bonchev–Trinajstić information content (AvgIpc) is 2.36. The first-order valence-corrected chi connectivity index (χ1v) is 5.77. The van der Waals surface area contributed by atoms with Gasteiger partial charge in [0, 0.05) is 19.2 Å². The Balaban J connectivity index is 2.75. The van der Waals surface area contributed by atoms with E-state index >= 15 is 0 Å². The number of ether oxygens (including phenoxy) is 1. The van der Waals surface area contributed by atoms with Gasteiger partial charge >= 0.3 is 0 Å². The van der Waals surface area contributed by atoms with Crippen LogP contribution in [0, 0.1) is 0 Å². The van der Waals surface area contributed by atoms with Crippen LogP contribution in [0.15, 0.2) is 36.9 Å². The third kappa shape index (κ3) is 3.94. The van der Waals surface area contributed by atoms with Crippen LogP contribution >= 0.6 is 0 Å². The maximum atomic E-state index is 11.4. The number of hydrogen-bond donors (Lipinski definition) is 0. The standard InChI is InChI=1S/C14H19NO2/c1-4-10-17-13-9-7-6-8-12(13)11-15(3)14(16)5-2/h5-9H,2,4,10-11H2,1,3H3. The Morgan fingerprint density at radius 1 is 1.47 bits per heavy atom. The molecule has 3 nitrogen and oxygen atoms in total. The molecule has 0 aromatic heterocycles. The van der Waals surface area contributed by atoms with Crippen LogP contribution in [0.3, 0.4) is 0 Å². The van der Waals surface area contributed by atoms with E-state index < -0.39 is 0 Å². The fourth-order valence-electron chi connectivity index (χ4n) is 1.48. The number of carbonyl (C=O) groups is 1. The lowest BCUT2D eigenvalue weighted by atomic mass is 10.2. The molecule has 0 saturated heterocycles. The number of benzene rings is 1. The number of nitrogens with zero attached hydrogens (tertiary/aromatic N) is 1. The second-order valence-electron chi connectivity index (χ2n) is 3.85. The monoisotopic (exact) mass is 233 g/mol. The molecule has 1 aromatic carbocycles. The van der Waals surface area contributed by atoms with Crippen LogP contribution < -0.4 is 4.74 Å². The number of hydrogen-bond acceptors (Lipinski definition) is 2. The Bertz CT molecular complexity index is 388. The Kier molecular flexibility index (Phi) is 5.27. The third-order valence-corrected chi connectivity index (χ3v) is 2.39. The van der Waals surface area contributed by atoms with Crippen LogP contribution in [-0.2, 0) is 11.3 Å². The maximum Gasteiger partial charge on any atom is 0.245 e. The van der Waals surface area contributed by atoms with Crippen LogP contribution in [0.1, 0.15) is 18.9 Å². The highest BCUT2D eigenvalue weighted by molar-refractivity contribution is 5.86. The molecule has 0 N–H and O–H groups in total. The fraction of sp³-hybridized carbons (Fsp3) is 0.357. The maximum absolute atomic E-state index is 11.4. The lowest BCUT2D eigenvalue weighted by Gasteiger charge is -2.17. The molecule has 0 heterocycles. The Morgan fingerprint density at radius 3 is 2.82 bits per heavy atom. The van der Waals surface area contributed by atoms with E-state index in [0.717, 1.165) is 17.7 Å². The van der Waals surface area contributed by atoms with Gasteiger partial charge in [0.05, 0.1) is 6.61 Å². The number of para-hydroxylation sites is 1. The molecule has 0 saturated carbocycles. The van der Waals surface area contributed by atoms with E-state index in [0.29, 0.717) is 13.2 Å². The molecule has 0 spiro atoms. The zero-order valence-corrected chi connectivity index (χ0v) is 10.5.